The van der Waals surface area contributed by atoms with Crippen LogP contribution in [-0.2, 0) is 11.3 Å². The maximum atomic E-state index is 12.5. The third-order valence-electron chi connectivity index (χ3n) is 4.24. The zero-order chi connectivity index (χ0) is 18.5. The summed E-state index contributed by atoms with van der Waals surface area (Å²) < 4.78 is 11.0. The first-order valence-corrected chi connectivity index (χ1v) is 9.60. The second-order valence-corrected chi connectivity index (χ2v) is 7.53. The molecule has 1 amide bonds. The highest BCUT2D eigenvalue weighted by molar-refractivity contribution is 7.09. The van der Waals surface area contributed by atoms with Crippen LogP contribution in [-0.4, -0.2) is 50.3 Å². The highest BCUT2D eigenvalue weighted by Gasteiger charge is 2.22. The zero-order valence-electron chi connectivity index (χ0n) is 14.5. The van der Waals surface area contributed by atoms with Crippen molar-refractivity contribution >= 4 is 34.5 Å². The van der Waals surface area contributed by atoms with Gasteiger partial charge < -0.3 is 20.5 Å². The van der Waals surface area contributed by atoms with Crippen molar-refractivity contribution in [3.8, 4) is 5.75 Å². The second kappa shape index (κ2) is 8.73. The third-order valence-corrected chi connectivity index (χ3v) is 5.42. The molecule has 3 N–H and O–H groups in total. The number of nitrogens with zero attached hydrogens (tertiary/aromatic N) is 1. The van der Waals surface area contributed by atoms with E-state index in [0.29, 0.717) is 35.2 Å². The molecule has 1 saturated heterocycles. The fourth-order valence-electron chi connectivity index (χ4n) is 2.89. The average molecular weight is 396 g/mol. The molecule has 1 aliphatic heterocycles. The van der Waals surface area contributed by atoms with Gasteiger partial charge in [-0.2, -0.15) is 0 Å². The fourth-order valence-corrected chi connectivity index (χ4v) is 3.80. The second-order valence-electron chi connectivity index (χ2n) is 6.09. The van der Waals surface area contributed by atoms with Gasteiger partial charge in [0.25, 0.3) is 5.91 Å². The summed E-state index contributed by atoms with van der Waals surface area (Å²) >= 11 is 7.78. The van der Waals surface area contributed by atoms with Crippen molar-refractivity contribution in [1.82, 2.24) is 10.2 Å². The van der Waals surface area contributed by atoms with Crippen LogP contribution in [0.5, 0.6) is 5.75 Å². The SMILES string of the molecule is COc1cc(N)c(Cl)cc1C(=O)NCC1CN(Cc2cccs2)CCO1. The molecule has 3 rings (SSSR count). The van der Waals surface area contributed by atoms with Gasteiger partial charge in [0, 0.05) is 37.1 Å². The number of halogens is 1. The van der Waals surface area contributed by atoms with E-state index in [-0.39, 0.29) is 12.0 Å². The Labute approximate surface area is 161 Å². The summed E-state index contributed by atoms with van der Waals surface area (Å²) in [4.78, 5) is 16.2. The molecule has 1 unspecified atom stereocenters. The van der Waals surface area contributed by atoms with E-state index in [1.165, 1.54) is 18.1 Å². The summed E-state index contributed by atoms with van der Waals surface area (Å²) in [5, 5.41) is 5.31. The molecule has 8 heteroatoms. The molecule has 26 heavy (non-hydrogen) atoms. The highest BCUT2D eigenvalue weighted by atomic mass is 35.5. The number of nitrogen functional groups attached to an aromatic ring is 1. The number of hydrogen-bond acceptors (Lipinski definition) is 6. The number of thiophene rings is 1. The van der Waals surface area contributed by atoms with Crippen LogP contribution < -0.4 is 15.8 Å². The van der Waals surface area contributed by atoms with E-state index in [0.717, 1.165) is 19.6 Å². The fraction of sp³-hybridized carbons (Fsp3) is 0.389. The van der Waals surface area contributed by atoms with E-state index in [4.69, 9.17) is 26.8 Å². The van der Waals surface area contributed by atoms with Crippen LogP contribution in [0.2, 0.25) is 5.02 Å². The van der Waals surface area contributed by atoms with Crippen LogP contribution in [0.3, 0.4) is 0 Å². The standard InChI is InChI=1S/C18H22ClN3O3S/c1-24-17-8-16(20)15(19)7-14(17)18(23)21-9-12-10-22(4-5-25-12)11-13-3-2-6-26-13/h2-3,6-8,12H,4-5,9-11,20H2,1H3,(H,21,23). The normalized spacial score (nSPS) is 17.8. The molecule has 1 aliphatic rings. The number of amides is 1. The Morgan fingerprint density at radius 3 is 3.12 bits per heavy atom. The predicted molar refractivity (Wildman–Crippen MR) is 104 cm³/mol. The van der Waals surface area contributed by atoms with Crippen LogP contribution >= 0.6 is 22.9 Å². The summed E-state index contributed by atoms with van der Waals surface area (Å²) in [7, 11) is 1.49. The number of anilines is 1. The summed E-state index contributed by atoms with van der Waals surface area (Å²) in [6, 6.07) is 7.27. The largest absolute Gasteiger partial charge is 0.496 e. The number of benzene rings is 1. The lowest BCUT2D eigenvalue weighted by Crippen LogP contribution is -2.47. The molecule has 0 radical (unpaired) electrons. The van der Waals surface area contributed by atoms with Gasteiger partial charge in [0.15, 0.2) is 0 Å². The van der Waals surface area contributed by atoms with Crippen molar-refractivity contribution in [2.45, 2.75) is 12.6 Å². The van der Waals surface area contributed by atoms with E-state index < -0.39 is 0 Å². The van der Waals surface area contributed by atoms with E-state index in [9.17, 15) is 4.79 Å². The van der Waals surface area contributed by atoms with Gasteiger partial charge in [-0.05, 0) is 17.5 Å². The first-order chi connectivity index (χ1) is 12.6. The molecule has 0 saturated carbocycles. The van der Waals surface area contributed by atoms with Crippen LogP contribution in [0.15, 0.2) is 29.6 Å². The first kappa shape index (κ1) is 19.0. The monoisotopic (exact) mass is 395 g/mol. The van der Waals surface area contributed by atoms with Crippen molar-refractivity contribution in [2.24, 2.45) is 0 Å². The molecular weight excluding hydrogens is 374 g/mol. The van der Waals surface area contributed by atoms with Crippen molar-refractivity contribution in [1.29, 1.82) is 0 Å². The van der Waals surface area contributed by atoms with Gasteiger partial charge in [-0.15, -0.1) is 11.3 Å². The lowest BCUT2D eigenvalue weighted by atomic mass is 10.1. The van der Waals surface area contributed by atoms with Crippen molar-refractivity contribution < 1.29 is 14.3 Å². The number of hydrogen-bond donors (Lipinski definition) is 2. The minimum absolute atomic E-state index is 0.0529. The lowest BCUT2D eigenvalue weighted by Gasteiger charge is -2.32. The molecular formula is C18H22ClN3O3S. The van der Waals surface area contributed by atoms with Crippen molar-refractivity contribution in [3.05, 3.63) is 45.1 Å². The maximum absolute atomic E-state index is 12.5. The summed E-state index contributed by atoms with van der Waals surface area (Å²) in [5.41, 5.74) is 6.49. The number of nitrogens with one attached hydrogen (secondary N) is 1. The Kier molecular flexibility index (Phi) is 6.37. The minimum Gasteiger partial charge on any atom is -0.496 e. The molecule has 2 heterocycles. The number of rotatable bonds is 6. The van der Waals surface area contributed by atoms with Gasteiger partial charge in [0.1, 0.15) is 5.75 Å². The van der Waals surface area contributed by atoms with Crippen LogP contribution in [0, 0.1) is 0 Å². The molecule has 1 fully saturated rings. The van der Waals surface area contributed by atoms with Gasteiger partial charge in [0.2, 0.25) is 0 Å². The molecule has 0 bridgehead atoms. The Balaban J connectivity index is 1.56. The van der Waals surface area contributed by atoms with Gasteiger partial charge >= 0.3 is 0 Å². The third kappa shape index (κ3) is 4.67. The molecule has 0 spiro atoms. The average Bonchev–Trinajstić information content (AvgIpc) is 3.15. The Morgan fingerprint density at radius 1 is 1.54 bits per heavy atom. The van der Waals surface area contributed by atoms with Crippen LogP contribution in [0.4, 0.5) is 5.69 Å². The van der Waals surface area contributed by atoms with E-state index >= 15 is 0 Å². The minimum atomic E-state index is -0.261. The molecule has 1 aromatic carbocycles. The molecule has 2 aromatic rings. The lowest BCUT2D eigenvalue weighted by molar-refractivity contribution is -0.0289. The van der Waals surface area contributed by atoms with Gasteiger partial charge in [0.05, 0.1) is 36.1 Å². The smallest absolute Gasteiger partial charge is 0.255 e. The van der Waals surface area contributed by atoms with E-state index in [1.54, 1.807) is 17.4 Å². The molecule has 1 aromatic heterocycles. The number of morpholine rings is 1. The summed E-state index contributed by atoms with van der Waals surface area (Å²) in [6.07, 6.45) is -0.0529. The maximum Gasteiger partial charge on any atom is 0.255 e. The van der Waals surface area contributed by atoms with Crippen LogP contribution in [0.1, 0.15) is 15.2 Å². The van der Waals surface area contributed by atoms with E-state index in [1.807, 2.05) is 0 Å². The number of methoxy groups -OCH3 is 1. The molecule has 140 valence electrons. The summed E-state index contributed by atoms with van der Waals surface area (Å²) in [5.74, 6) is 0.135. The first-order valence-electron chi connectivity index (χ1n) is 8.34. The number of ether oxygens (including phenoxy) is 2. The highest BCUT2D eigenvalue weighted by Crippen LogP contribution is 2.28. The summed E-state index contributed by atoms with van der Waals surface area (Å²) in [6.45, 7) is 3.66. The zero-order valence-corrected chi connectivity index (χ0v) is 16.1. The number of nitrogens with two attached hydrogens (primary N) is 1. The Hall–Kier alpha value is -1.80. The van der Waals surface area contributed by atoms with Gasteiger partial charge in [-0.25, -0.2) is 0 Å². The van der Waals surface area contributed by atoms with Crippen molar-refractivity contribution in [3.63, 3.8) is 0 Å². The molecule has 6 nitrogen and oxygen atoms in total. The Morgan fingerprint density at radius 2 is 2.38 bits per heavy atom. The number of carbonyl (C=O) groups is 1. The molecule has 0 aliphatic carbocycles. The van der Waals surface area contributed by atoms with Gasteiger partial charge in [-0.1, -0.05) is 17.7 Å². The predicted octanol–water partition coefficient (Wildman–Crippen LogP) is 2.62. The van der Waals surface area contributed by atoms with Crippen LogP contribution in [0.25, 0.3) is 0 Å². The van der Waals surface area contributed by atoms with Gasteiger partial charge in [-0.3, -0.25) is 9.69 Å². The molecule has 1 atom stereocenters. The van der Waals surface area contributed by atoms with E-state index in [2.05, 4.69) is 27.7 Å². The quantitative estimate of drug-likeness (QED) is 0.735. The Bertz CT molecular complexity index is 754. The van der Waals surface area contributed by atoms with Crippen molar-refractivity contribution in [2.75, 3.05) is 39.1 Å². The topological polar surface area (TPSA) is 76.8 Å². The number of carbonyl (C=O) groups excluding carboxylic acids is 1.